The number of hydrogen-bond donors (Lipinski definition) is 2. The molecule has 0 aliphatic carbocycles. The summed E-state index contributed by atoms with van der Waals surface area (Å²) >= 11 is 0. The van der Waals surface area contributed by atoms with E-state index in [2.05, 4.69) is 9.56 Å². The summed E-state index contributed by atoms with van der Waals surface area (Å²) in [7, 11) is -5.84. The van der Waals surface area contributed by atoms with E-state index in [-0.39, 0.29) is 16.7 Å². The van der Waals surface area contributed by atoms with E-state index in [1.165, 1.54) is 31.4 Å². The van der Waals surface area contributed by atoms with Crippen molar-refractivity contribution in [2.75, 3.05) is 33.0 Å². The van der Waals surface area contributed by atoms with Gasteiger partial charge in [0.1, 0.15) is 0 Å². The van der Waals surface area contributed by atoms with E-state index in [0.717, 1.165) is 19.1 Å². The molecule has 1 aliphatic heterocycles. The lowest BCUT2D eigenvalue weighted by Crippen LogP contribution is -2.43. The number of carbonyl (C=O) groups is 1. The molecule has 26 heavy (non-hydrogen) atoms. The maximum atomic E-state index is 12.6. The number of amides is 1. The van der Waals surface area contributed by atoms with E-state index in [1.54, 1.807) is 4.90 Å². The molecule has 0 saturated carbocycles. The van der Waals surface area contributed by atoms with Crippen molar-refractivity contribution in [3.63, 3.8) is 0 Å². The lowest BCUT2D eigenvalue weighted by molar-refractivity contribution is 0.0676. The maximum Gasteiger partial charge on any atom is 0.262 e. The van der Waals surface area contributed by atoms with Crippen LogP contribution in [0.4, 0.5) is 0 Å². The standard InChI is InChI=1S/C15H23N3O6S2/c1-24-17-26(22,23)14-7-5-13(6-8-14)15(19)18-9-3-4-12(11-18)10-16-25(2,20)21/h5-8,12,16-17H,3-4,9-11H2,1-2H3/t12-/m1/s1. The van der Waals surface area contributed by atoms with Crippen LogP contribution in [0.2, 0.25) is 0 Å². The van der Waals surface area contributed by atoms with Gasteiger partial charge in [0.25, 0.3) is 15.9 Å². The van der Waals surface area contributed by atoms with Crippen LogP contribution >= 0.6 is 0 Å². The first kappa shape index (κ1) is 20.8. The fraction of sp³-hybridized carbons (Fsp3) is 0.533. The zero-order valence-corrected chi connectivity index (χ0v) is 16.3. The molecule has 0 aromatic heterocycles. The highest BCUT2D eigenvalue weighted by atomic mass is 32.2. The number of hydrogen-bond acceptors (Lipinski definition) is 6. The Bertz CT molecular complexity index is 837. The molecule has 1 fully saturated rings. The monoisotopic (exact) mass is 405 g/mol. The SMILES string of the molecule is CONS(=O)(=O)c1ccc(C(=O)N2CCC[C@H](CNS(C)(=O)=O)C2)cc1. The summed E-state index contributed by atoms with van der Waals surface area (Å²) in [6, 6.07) is 5.57. The molecule has 1 atom stereocenters. The van der Waals surface area contributed by atoms with E-state index in [9.17, 15) is 21.6 Å². The van der Waals surface area contributed by atoms with Crippen LogP contribution in [0.25, 0.3) is 0 Å². The van der Waals surface area contributed by atoms with Crippen molar-refractivity contribution in [3.05, 3.63) is 29.8 Å². The van der Waals surface area contributed by atoms with Gasteiger partial charge in [-0.05, 0) is 43.0 Å². The van der Waals surface area contributed by atoms with Crippen LogP contribution in [-0.2, 0) is 24.9 Å². The zero-order valence-electron chi connectivity index (χ0n) is 14.6. The van der Waals surface area contributed by atoms with Crippen LogP contribution in [0.15, 0.2) is 29.2 Å². The minimum absolute atomic E-state index is 0.00947. The van der Waals surface area contributed by atoms with Crippen LogP contribution in [-0.4, -0.2) is 60.6 Å². The van der Waals surface area contributed by atoms with Crippen LogP contribution in [0.5, 0.6) is 0 Å². The van der Waals surface area contributed by atoms with E-state index >= 15 is 0 Å². The molecule has 2 rings (SSSR count). The molecule has 1 heterocycles. The van der Waals surface area contributed by atoms with Crippen LogP contribution < -0.4 is 9.61 Å². The molecule has 146 valence electrons. The summed E-state index contributed by atoms with van der Waals surface area (Å²) in [6.07, 6.45) is 2.73. The normalized spacial score (nSPS) is 18.7. The predicted octanol–water partition coefficient (Wildman–Crippen LogP) is -0.0723. The maximum absolute atomic E-state index is 12.6. The highest BCUT2D eigenvalue weighted by molar-refractivity contribution is 7.89. The van der Waals surface area contributed by atoms with Crippen molar-refractivity contribution in [3.8, 4) is 0 Å². The molecule has 1 aromatic carbocycles. The minimum atomic E-state index is -3.77. The number of rotatable bonds is 7. The third kappa shape index (κ3) is 5.74. The first-order valence-corrected chi connectivity index (χ1v) is 11.4. The van der Waals surface area contributed by atoms with Gasteiger partial charge in [-0.15, -0.1) is 0 Å². The first-order chi connectivity index (χ1) is 12.1. The summed E-state index contributed by atoms with van der Waals surface area (Å²) in [6.45, 7) is 1.33. The second kappa shape index (κ2) is 8.44. The Labute approximate surface area is 153 Å². The van der Waals surface area contributed by atoms with Crippen molar-refractivity contribution < 1.29 is 26.5 Å². The first-order valence-electron chi connectivity index (χ1n) is 8.01. The second-order valence-corrected chi connectivity index (χ2v) is 9.67. The lowest BCUT2D eigenvalue weighted by atomic mass is 9.97. The van der Waals surface area contributed by atoms with Gasteiger partial charge in [0.05, 0.1) is 18.3 Å². The van der Waals surface area contributed by atoms with Crippen molar-refractivity contribution >= 4 is 26.0 Å². The van der Waals surface area contributed by atoms with Gasteiger partial charge in [-0.3, -0.25) is 9.63 Å². The molecule has 1 amide bonds. The van der Waals surface area contributed by atoms with Gasteiger partial charge >= 0.3 is 0 Å². The lowest BCUT2D eigenvalue weighted by Gasteiger charge is -2.32. The fourth-order valence-corrected chi connectivity index (χ4v) is 4.15. The molecule has 0 radical (unpaired) electrons. The number of nitrogens with zero attached hydrogens (tertiary/aromatic N) is 1. The van der Waals surface area contributed by atoms with Gasteiger partial charge < -0.3 is 4.90 Å². The molecule has 2 N–H and O–H groups in total. The smallest absolute Gasteiger partial charge is 0.262 e. The van der Waals surface area contributed by atoms with Gasteiger partial charge in [0.2, 0.25) is 10.0 Å². The number of benzene rings is 1. The van der Waals surface area contributed by atoms with Crippen molar-refractivity contribution in [2.24, 2.45) is 5.92 Å². The van der Waals surface area contributed by atoms with Gasteiger partial charge in [-0.1, -0.05) is 4.89 Å². The van der Waals surface area contributed by atoms with Gasteiger partial charge in [0.15, 0.2) is 0 Å². The molecule has 1 aliphatic rings. The number of carbonyl (C=O) groups excluding carboxylic acids is 1. The van der Waals surface area contributed by atoms with Crippen molar-refractivity contribution in [1.82, 2.24) is 14.5 Å². The average Bonchev–Trinajstić information content (AvgIpc) is 2.59. The van der Waals surface area contributed by atoms with E-state index in [0.29, 0.717) is 25.2 Å². The Morgan fingerprint density at radius 3 is 2.46 bits per heavy atom. The number of piperidine rings is 1. The Hall–Kier alpha value is -1.53. The molecular weight excluding hydrogens is 382 g/mol. The van der Waals surface area contributed by atoms with Gasteiger partial charge in [0, 0.05) is 25.2 Å². The van der Waals surface area contributed by atoms with E-state index in [4.69, 9.17) is 0 Å². The summed E-state index contributed by atoms with van der Waals surface area (Å²) in [4.78, 5) is 20.6. The Morgan fingerprint density at radius 2 is 1.88 bits per heavy atom. The van der Waals surface area contributed by atoms with E-state index in [1.807, 2.05) is 4.89 Å². The van der Waals surface area contributed by atoms with Gasteiger partial charge in [-0.2, -0.15) is 0 Å². The molecule has 0 unspecified atom stereocenters. The topological polar surface area (TPSA) is 122 Å². The third-order valence-electron chi connectivity index (χ3n) is 4.05. The summed E-state index contributed by atoms with van der Waals surface area (Å²) < 4.78 is 48.6. The molecule has 11 heteroatoms. The summed E-state index contributed by atoms with van der Waals surface area (Å²) in [5.74, 6) is -0.161. The molecule has 1 aromatic rings. The highest BCUT2D eigenvalue weighted by Gasteiger charge is 2.25. The zero-order chi connectivity index (χ0) is 19.4. The Morgan fingerprint density at radius 1 is 1.23 bits per heavy atom. The van der Waals surface area contributed by atoms with Gasteiger partial charge in [-0.25, -0.2) is 21.6 Å². The highest BCUT2D eigenvalue weighted by Crippen LogP contribution is 2.19. The predicted molar refractivity (Wildman–Crippen MR) is 95.2 cm³/mol. The summed E-state index contributed by atoms with van der Waals surface area (Å²) in [5.41, 5.74) is 0.373. The van der Waals surface area contributed by atoms with Crippen LogP contribution in [0, 0.1) is 5.92 Å². The molecule has 0 spiro atoms. The van der Waals surface area contributed by atoms with Crippen LogP contribution in [0.3, 0.4) is 0 Å². The Kier molecular flexibility index (Phi) is 6.74. The largest absolute Gasteiger partial charge is 0.338 e. The van der Waals surface area contributed by atoms with Crippen LogP contribution in [0.1, 0.15) is 23.2 Å². The number of nitrogens with one attached hydrogen (secondary N) is 2. The summed E-state index contributed by atoms with van der Waals surface area (Å²) in [5, 5.41) is 0. The number of sulfonamides is 2. The number of likely N-dealkylation sites (tertiary alicyclic amines) is 1. The second-order valence-electron chi connectivity index (χ2n) is 6.20. The molecule has 0 bridgehead atoms. The molecular formula is C15H23N3O6S2. The molecule has 1 saturated heterocycles. The quantitative estimate of drug-likeness (QED) is 0.612. The van der Waals surface area contributed by atoms with E-state index < -0.39 is 20.0 Å². The fourth-order valence-electron chi connectivity index (χ4n) is 2.80. The average molecular weight is 405 g/mol. The van der Waals surface area contributed by atoms with Crippen molar-refractivity contribution in [1.29, 1.82) is 0 Å². The third-order valence-corrected chi connectivity index (χ3v) is 6.01. The molecule has 9 nitrogen and oxygen atoms in total. The Balaban J connectivity index is 2.04. The van der Waals surface area contributed by atoms with Crippen molar-refractivity contribution in [2.45, 2.75) is 17.7 Å². The minimum Gasteiger partial charge on any atom is -0.338 e.